The van der Waals surface area contributed by atoms with Gasteiger partial charge >= 0.3 is 5.88 Å². The van der Waals surface area contributed by atoms with Crippen molar-refractivity contribution in [3.63, 3.8) is 0 Å². The second-order valence-corrected chi connectivity index (χ2v) is 8.39. The van der Waals surface area contributed by atoms with Gasteiger partial charge in [-0.3, -0.25) is 30.1 Å². The predicted molar refractivity (Wildman–Crippen MR) is 129 cm³/mol. The molecule has 2 atom stereocenters. The molecule has 4 aromatic rings. The smallest absolute Gasteiger partial charge is 0.404 e. The van der Waals surface area contributed by atoms with Gasteiger partial charge in [-0.05, 0) is 43.2 Å². The van der Waals surface area contributed by atoms with Crippen molar-refractivity contribution in [2.75, 3.05) is 16.2 Å². The highest BCUT2D eigenvalue weighted by Gasteiger charge is 2.35. The Balaban J connectivity index is 1.56. The minimum atomic E-state index is -0.559. The van der Waals surface area contributed by atoms with Crippen LogP contribution in [0.2, 0.25) is 0 Å². The molecule has 4 N–H and O–H groups in total. The maximum Gasteiger partial charge on any atom is 0.433 e. The molecule has 0 fully saturated rings. The maximum absolute atomic E-state index is 12.9. The lowest BCUT2D eigenvalue weighted by Crippen LogP contribution is -2.28. The number of benzene rings is 2. The fourth-order valence-electron chi connectivity index (χ4n) is 4.43. The van der Waals surface area contributed by atoms with Crippen LogP contribution >= 0.6 is 0 Å². The number of aromatic nitrogens is 2. The number of nitrogens with zero attached hydrogens (tertiary/aromatic N) is 2. The summed E-state index contributed by atoms with van der Waals surface area (Å²) in [7, 11) is 0. The summed E-state index contributed by atoms with van der Waals surface area (Å²) >= 11 is 0. The van der Waals surface area contributed by atoms with Gasteiger partial charge in [0, 0.05) is 6.42 Å². The van der Waals surface area contributed by atoms with Gasteiger partial charge < -0.3 is 15.2 Å². The fourth-order valence-corrected chi connectivity index (χ4v) is 4.43. The number of hydrazine groups is 1. The molecule has 0 aliphatic carbocycles. The van der Waals surface area contributed by atoms with Crippen LogP contribution in [0.5, 0.6) is 0 Å². The number of H-pyrrole nitrogens is 1. The summed E-state index contributed by atoms with van der Waals surface area (Å²) in [5.74, 6) is 0.651. The number of para-hydroxylation sites is 1. The number of anilines is 3. The fraction of sp³-hybridized carbons (Fsp3) is 0.208. The van der Waals surface area contributed by atoms with Gasteiger partial charge in [0.15, 0.2) is 11.5 Å². The Labute approximate surface area is 194 Å². The molecule has 0 spiro atoms. The molecule has 174 valence electrons. The van der Waals surface area contributed by atoms with Gasteiger partial charge in [-0.2, -0.15) is 0 Å². The maximum atomic E-state index is 12.9. The van der Waals surface area contributed by atoms with E-state index in [1.807, 2.05) is 54.9 Å². The second-order valence-electron chi connectivity index (χ2n) is 8.39. The van der Waals surface area contributed by atoms with Crippen molar-refractivity contribution in [1.82, 2.24) is 9.78 Å². The molecular weight excluding hydrogens is 436 g/mol. The zero-order valence-electron chi connectivity index (χ0n) is 18.7. The van der Waals surface area contributed by atoms with Crippen LogP contribution in [-0.4, -0.2) is 14.7 Å². The molecule has 34 heavy (non-hydrogen) atoms. The van der Waals surface area contributed by atoms with Crippen molar-refractivity contribution in [3.05, 3.63) is 104 Å². The molecule has 2 unspecified atom stereocenters. The van der Waals surface area contributed by atoms with Gasteiger partial charge in [0.25, 0.3) is 5.56 Å². The summed E-state index contributed by atoms with van der Waals surface area (Å²) in [5, 5.41) is 17.4. The standard InChI is InChI=1S/C24H24N6O4/c1-14-8-9-17(15(2)12-14)19-13-18(20-10-11-21(34-20)30(32)33)25-23-22(24(31)28-29(19)23)27-26-16-6-4-3-5-7-16/h3-12,18-19,25-27H,13H2,1-2H3,(H,28,31). The van der Waals surface area contributed by atoms with Crippen LogP contribution in [0.15, 0.2) is 69.9 Å². The number of hydrogen-bond acceptors (Lipinski definition) is 7. The first-order valence-corrected chi connectivity index (χ1v) is 10.9. The number of nitrogens with one attached hydrogen (secondary N) is 4. The Morgan fingerprint density at radius 3 is 2.59 bits per heavy atom. The topological polar surface area (TPSA) is 130 Å². The Bertz CT molecular complexity index is 1400. The van der Waals surface area contributed by atoms with Crippen LogP contribution in [0, 0.1) is 24.0 Å². The van der Waals surface area contributed by atoms with E-state index in [-0.39, 0.29) is 23.5 Å². The largest absolute Gasteiger partial charge is 0.433 e. The van der Waals surface area contributed by atoms with E-state index in [2.05, 4.69) is 33.4 Å². The van der Waals surface area contributed by atoms with Crippen LogP contribution < -0.4 is 21.7 Å². The van der Waals surface area contributed by atoms with Gasteiger partial charge in [0.05, 0.1) is 23.8 Å². The highest BCUT2D eigenvalue weighted by molar-refractivity contribution is 5.68. The van der Waals surface area contributed by atoms with Crippen LogP contribution in [0.3, 0.4) is 0 Å². The summed E-state index contributed by atoms with van der Waals surface area (Å²) in [6.07, 6.45) is 0.526. The molecule has 2 aromatic heterocycles. The first-order chi connectivity index (χ1) is 16.4. The van der Waals surface area contributed by atoms with E-state index < -0.39 is 4.92 Å². The molecule has 2 aromatic carbocycles. The molecule has 1 aliphatic rings. The van der Waals surface area contributed by atoms with Gasteiger partial charge in [0.1, 0.15) is 10.7 Å². The molecule has 0 bridgehead atoms. The third-order valence-corrected chi connectivity index (χ3v) is 6.03. The molecule has 10 heteroatoms. The lowest BCUT2D eigenvalue weighted by atomic mass is 9.92. The average molecular weight is 460 g/mol. The van der Waals surface area contributed by atoms with E-state index in [4.69, 9.17) is 4.42 Å². The minimum Gasteiger partial charge on any atom is -0.404 e. The second kappa shape index (κ2) is 8.47. The molecule has 0 saturated carbocycles. The summed E-state index contributed by atoms with van der Waals surface area (Å²) in [6.45, 7) is 4.07. The van der Waals surface area contributed by atoms with Crippen LogP contribution in [0.1, 0.15) is 41.0 Å². The van der Waals surface area contributed by atoms with Crippen LogP contribution in [0.25, 0.3) is 0 Å². The third-order valence-electron chi connectivity index (χ3n) is 6.03. The molecule has 3 heterocycles. The molecule has 5 rings (SSSR count). The lowest BCUT2D eigenvalue weighted by molar-refractivity contribution is -0.402. The monoisotopic (exact) mass is 460 g/mol. The van der Waals surface area contributed by atoms with E-state index >= 15 is 0 Å². The zero-order valence-corrected chi connectivity index (χ0v) is 18.7. The van der Waals surface area contributed by atoms with Crippen molar-refractivity contribution < 1.29 is 9.34 Å². The SMILES string of the molecule is Cc1ccc(C2CC(c3ccc([N+](=O)[O-])o3)Nc3c(NNc4ccccc4)c(=O)[nH]n32)c(C)c1. The van der Waals surface area contributed by atoms with Crippen LogP contribution in [0.4, 0.5) is 23.1 Å². The number of aryl methyl sites for hydroxylation is 2. The Hall–Kier alpha value is -4.47. The van der Waals surface area contributed by atoms with Crippen molar-refractivity contribution in [2.24, 2.45) is 0 Å². The number of aromatic amines is 1. The normalized spacial score (nSPS) is 17.0. The number of fused-ring (bicyclic) bond motifs is 1. The van der Waals surface area contributed by atoms with E-state index in [9.17, 15) is 14.9 Å². The van der Waals surface area contributed by atoms with Gasteiger partial charge in [-0.15, -0.1) is 0 Å². The van der Waals surface area contributed by atoms with E-state index in [0.29, 0.717) is 23.7 Å². The predicted octanol–water partition coefficient (Wildman–Crippen LogP) is 4.88. The van der Waals surface area contributed by atoms with E-state index in [0.717, 1.165) is 22.4 Å². The minimum absolute atomic E-state index is 0.217. The highest BCUT2D eigenvalue weighted by atomic mass is 16.6. The molecule has 0 radical (unpaired) electrons. The van der Waals surface area contributed by atoms with Crippen LogP contribution in [-0.2, 0) is 0 Å². The number of nitro groups is 1. The number of furan rings is 1. The summed E-state index contributed by atoms with van der Waals surface area (Å²) in [5.41, 5.74) is 10.1. The number of hydrogen-bond donors (Lipinski definition) is 4. The first-order valence-electron chi connectivity index (χ1n) is 10.9. The summed E-state index contributed by atoms with van der Waals surface area (Å²) in [6, 6.07) is 18.0. The van der Waals surface area contributed by atoms with Crippen molar-refractivity contribution >= 4 is 23.1 Å². The summed E-state index contributed by atoms with van der Waals surface area (Å²) in [4.78, 5) is 23.5. The Morgan fingerprint density at radius 1 is 1.09 bits per heavy atom. The molecule has 0 amide bonds. The zero-order chi connectivity index (χ0) is 23.8. The van der Waals surface area contributed by atoms with Gasteiger partial charge in [0.2, 0.25) is 0 Å². The van der Waals surface area contributed by atoms with Crippen molar-refractivity contribution in [2.45, 2.75) is 32.4 Å². The molecule has 0 saturated heterocycles. The third kappa shape index (κ3) is 3.90. The molecular formula is C24H24N6O4. The quantitative estimate of drug-likeness (QED) is 0.238. The molecule has 10 nitrogen and oxygen atoms in total. The van der Waals surface area contributed by atoms with E-state index in [1.165, 1.54) is 6.07 Å². The van der Waals surface area contributed by atoms with Crippen molar-refractivity contribution in [1.29, 1.82) is 0 Å². The first kappa shape index (κ1) is 21.4. The summed E-state index contributed by atoms with van der Waals surface area (Å²) < 4.78 is 7.32. The van der Waals surface area contributed by atoms with Gasteiger partial charge in [-0.25, -0.2) is 0 Å². The highest BCUT2D eigenvalue weighted by Crippen LogP contribution is 2.42. The van der Waals surface area contributed by atoms with Crippen molar-refractivity contribution in [3.8, 4) is 0 Å². The Morgan fingerprint density at radius 2 is 1.88 bits per heavy atom. The van der Waals surface area contributed by atoms with E-state index in [1.54, 1.807) is 6.07 Å². The van der Waals surface area contributed by atoms with Gasteiger partial charge in [-0.1, -0.05) is 42.0 Å². The molecule has 1 aliphatic heterocycles. The Kier molecular flexibility index (Phi) is 5.33. The lowest BCUT2D eigenvalue weighted by Gasteiger charge is -2.33. The average Bonchev–Trinajstić information content (AvgIpc) is 3.43. The number of rotatable bonds is 6.